The normalized spacial score (nSPS) is 19.3. The number of hydrogen-bond donors (Lipinski definition) is 0. The standard InChI is InChI=1S/C23H26N4O3/c1-17(28)18-5-7-21(8-6-18)25-10-12-26(13-11-25)23(30)19-14-22(29)27(15-19)16-20-4-2-3-9-24-20/h2-9,19H,10-16H2,1H3. The van der Waals surface area contributed by atoms with E-state index in [4.69, 9.17) is 0 Å². The van der Waals surface area contributed by atoms with E-state index >= 15 is 0 Å². The van der Waals surface area contributed by atoms with Crippen molar-refractivity contribution in [3.63, 3.8) is 0 Å². The van der Waals surface area contributed by atoms with Crippen LogP contribution in [0.25, 0.3) is 0 Å². The number of Topliss-reactive ketones (excluding diaryl/α,β-unsaturated/α-hetero) is 1. The Morgan fingerprint density at radius 1 is 1.03 bits per heavy atom. The molecule has 30 heavy (non-hydrogen) atoms. The van der Waals surface area contributed by atoms with Gasteiger partial charge in [0, 0.05) is 56.6 Å². The fraction of sp³-hybridized carbons (Fsp3) is 0.391. The summed E-state index contributed by atoms with van der Waals surface area (Å²) in [6.45, 7) is 5.22. The van der Waals surface area contributed by atoms with Gasteiger partial charge in [-0.2, -0.15) is 0 Å². The lowest BCUT2D eigenvalue weighted by atomic mass is 10.1. The van der Waals surface area contributed by atoms with Gasteiger partial charge in [-0.05, 0) is 43.3 Å². The van der Waals surface area contributed by atoms with Crippen molar-refractivity contribution >= 4 is 23.3 Å². The average molecular weight is 406 g/mol. The van der Waals surface area contributed by atoms with Crippen LogP contribution in [-0.2, 0) is 16.1 Å². The lowest BCUT2D eigenvalue weighted by molar-refractivity contribution is -0.136. The molecule has 0 aliphatic carbocycles. The van der Waals surface area contributed by atoms with Gasteiger partial charge in [-0.3, -0.25) is 19.4 Å². The predicted molar refractivity (Wildman–Crippen MR) is 113 cm³/mol. The molecule has 156 valence electrons. The third-order valence-corrected chi connectivity index (χ3v) is 5.87. The Kier molecular flexibility index (Phi) is 5.79. The van der Waals surface area contributed by atoms with Crippen molar-refractivity contribution in [1.29, 1.82) is 0 Å². The first-order valence-electron chi connectivity index (χ1n) is 10.3. The molecule has 0 N–H and O–H groups in total. The SMILES string of the molecule is CC(=O)c1ccc(N2CCN(C(=O)C3CC(=O)N(Cc4ccccn4)C3)CC2)cc1. The van der Waals surface area contributed by atoms with E-state index in [2.05, 4.69) is 9.88 Å². The molecule has 0 radical (unpaired) electrons. The van der Waals surface area contributed by atoms with Gasteiger partial charge >= 0.3 is 0 Å². The Hall–Kier alpha value is -3.22. The van der Waals surface area contributed by atoms with E-state index in [9.17, 15) is 14.4 Å². The van der Waals surface area contributed by atoms with Crippen molar-refractivity contribution in [3.8, 4) is 0 Å². The van der Waals surface area contributed by atoms with Crippen molar-refractivity contribution in [1.82, 2.24) is 14.8 Å². The maximum atomic E-state index is 13.0. The summed E-state index contributed by atoms with van der Waals surface area (Å²) >= 11 is 0. The summed E-state index contributed by atoms with van der Waals surface area (Å²) < 4.78 is 0. The lowest BCUT2D eigenvalue weighted by Gasteiger charge is -2.37. The van der Waals surface area contributed by atoms with Crippen LogP contribution >= 0.6 is 0 Å². The number of piperazine rings is 1. The molecule has 0 saturated carbocycles. The van der Waals surface area contributed by atoms with Crippen molar-refractivity contribution in [2.75, 3.05) is 37.6 Å². The Morgan fingerprint density at radius 3 is 2.40 bits per heavy atom. The highest BCUT2D eigenvalue weighted by molar-refractivity contribution is 5.94. The fourth-order valence-corrected chi connectivity index (χ4v) is 4.13. The van der Waals surface area contributed by atoms with Gasteiger partial charge in [0.05, 0.1) is 18.2 Å². The van der Waals surface area contributed by atoms with Crippen LogP contribution in [0.2, 0.25) is 0 Å². The molecule has 2 fully saturated rings. The molecular weight excluding hydrogens is 380 g/mol. The smallest absolute Gasteiger partial charge is 0.228 e. The summed E-state index contributed by atoms with van der Waals surface area (Å²) in [5.74, 6) is -0.135. The van der Waals surface area contributed by atoms with Gasteiger partial charge in [0.1, 0.15) is 0 Å². The molecular formula is C23H26N4O3. The average Bonchev–Trinajstić information content (AvgIpc) is 3.14. The van der Waals surface area contributed by atoms with Gasteiger partial charge in [-0.15, -0.1) is 0 Å². The minimum atomic E-state index is -0.275. The van der Waals surface area contributed by atoms with E-state index in [-0.39, 0.29) is 29.9 Å². The van der Waals surface area contributed by atoms with Crippen LogP contribution in [0, 0.1) is 5.92 Å². The summed E-state index contributed by atoms with van der Waals surface area (Å²) in [6, 6.07) is 13.2. The topological polar surface area (TPSA) is 73.8 Å². The molecule has 2 aromatic rings. The number of pyridine rings is 1. The number of ketones is 1. The van der Waals surface area contributed by atoms with Crippen LogP contribution in [-0.4, -0.2) is 65.1 Å². The molecule has 7 heteroatoms. The molecule has 1 aromatic carbocycles. The highest BCUT2D eigenvalue weighted by Crippen LogP contribution is 2.24. The fourth-order valence-electron chi connectivity index (χ4n) is 4.13. The Morgan fingerprint density at radius 2 is 1.77 bits per heavy atom. The molecule has 7 nitrogen and oxygen atoms in total. The maximum absolute atomic E-state index is 13.0. The minimum absolute atomic E-state index is 0.0169. The predicted octanol–water partition coefficient (Wildman–Crippen LogP) is 1.98. The van der Waals surface area contributed by atoms with Gasteiger partial charge in [0.2, 0.25) is 11.8 Å². The van der Waals surface area contributed by atoms with Crippen molar-refractivity contribution < 1.29 is 14.4 Å². The van der Waals surface area contributed by atoms with E-state index in [0.717, 1.165) is 24.5 Å². The van der Waals surface area contributed by atoms with Crippen LogP contribution in [0.4, 0.5) is 5.69 Å². The van der Waals surface area contributed by atoms with Gasteiger partial charge in [-0.25, -0.2) is 0 Å². The van der Waals surface area contributed by atoms with Crippen LogP contribution in [0.15, 0.2) is 48.7 Å². The first-order chi connectivity index (χ1) is 14.5. The van der Waals surface area contributed by atoms with E-state index in [1.807, 2.05) is 47.4 Å². The summed E-state index contributed by atoms with van der Waals surface area (Å²) in [7, 11) is 0. The second-order valence-electron chi connectivity index (χ2n) is 7.91. The zero-order valence-electron chi connectivity index (χ0n) is 17.2. The largest absolute Gasteiger partial charge is 0.368 e. The zero-order valence-corrected chi connectivity index (χ0v) is 17.2. The molecule has 1 atom stereocenters. The minimum Gasteiger partial charge on any atom is -0.368 e. The molecule has 0 bridgehead atoms. The maximum Gasteiger partial charge on any atom is 0.228 e. The number of aromatic nitrogens is 1. The Bertz CT molecular complexity index is 921. The van der Waals surface area contributed by atoms with Gasteiger partial charge in [0.15, 0.2) is 5.78 Å². The summed E-state index contributed by atoms with van der Waals surface area (Å²) in [6.07, 6.45) is 1.99. The highest BCUT2D eigenvalue weighted by Gasteiger charge is 2.37. The number of likely N-dealkylation sites (tertiary alicyclic amines) is 1. The number of amides is 2. The number of carbonyl (C=O) groups excluding carboxylic acids is 3. The van der Waals surface area contributed by atoms with Gasteiger partial charge in [-0.1, -0.05) is 6.07 Å². The number of carbonyl (C=O) groups is 3. The molecule has 2 aliphatic heterocycles. The second kappa shape index (κ2) is 8.65. The molecule has 0 spiro atoms. The molecule has 1 unspecified atom stereocenters. The number of rotatable bonds is 5. The highest BCUT2D eigenvalue weighted by atomic mass is 16.2. The summed E-state index contributed by atoms with van der Waals surface area (Å²) in [5.41, 5.74) is 2.60. The van der Waals surface area contributed by atoms with Crippen LogP contribution < -0.4 is 4.90 Å². The number of nitrogens with zero attached hydrogens (tertiary/aromatic N) is 4. The van der Waals surface area contributed by atoms with E-state index in [0.29, 0.717) is 31.7 Å². The molecule has 1 aromatic heterocycles. The first kappa shape index (κ1) is 20.1. The second-order valence-corrected chi connectivity index (χ2v) is 7.91. The van der Waals surface area contributed by atoms with Crippen molar-refractivity contribution in [2.24, 2.45) is 5.92 Å². The van der Waals surface area contributed by atoms with Crippen molar-refractivity contribution in [3.05, 3.63) is 59.9 Å². The van der Waals surface area contributed by atoms with E-state index < -0.39 is 0 Å². The summed E-state index contributed by atoms with van der Waals surface area (Å²) in [4.78, 5) is 46.9. The molecule has 4 rings (SSSR count). The number of anilines is 1. The van der Waals surface area contributed by atoms with Gasteiger partial charge < -0.3 is 14.7 Å². The third-order valence-electron chi connectivity index (χ3n) is 5.87. The molecule has 2 amide bonds. The number of benzene rings is 1. The Balaban J connectivity index is 1.31. The van der Waals surface area contributed by atoms with E-state index in [1.54, 1.807) is 18.0 Å². The first-order valence-corrected chi connectivity index (χ1v) is 10.3. The molecule has 2 saturated heterocycles. The molecule has 3 heterocycles. The summed E-state index contributed by atoms with van der Waals surface area (Å²) in [5, 5.41) is 0. The molecule has 2 aliphatic rings. The monoisotopic (exact) mass is 406 g/mol. The zero-order chi connectivity index (χ0) is 21.1. The number of hydrogen-bond acceptors (Lipinski definition) is 5. The van der Waals surface area contributed by atoms with Gasteiger partial charge in [0.25, 0.3) is 0 Å². The third kappa shape index (κ3) is 4.35. The Labute approximate surface area is 176 Å². The van der Waals surface area contributed by atoms with Crippen molar-refractivity contribution in [2.45, 2.75) is 19.9 Å². The quantitative estimate of drug-likeness (QED) is 0.710. The lowest BCUT2D eigenvalue weighted by Crippen LogP contribution is -2.50. The van der Waals surface area contributed by atoms with Crippen LogP contribution in [0.5, 0.6) is 0 Å². The van der Waals surface area contributed by atoms with Crippen LogP contribution in [0.1, 0.15) is 29.4 Å². The van der Waals surface area contributed by atoms with E-state index in [1.165, 1.54) is 0 Å². The van der Waals surface area contributed by atoms with Crippen LogP contribution in [0.3, 0.4) is 0 Å².